The second-order valence-electron chi connectivity index (χ2n) is 5.00. The van der Waals surface area contributed by atoms with Gasteiger partial charge in [-0.05, 0) is 38.6 Å². The van der Waals surface area contributed by atoms with E-state index in [2.05, 4.69) is 13.8 Å². The highest BCUT2D eigenvalue weighted by Crippen LogP contribution is 2.19. The lowest BCUT2D eigenvalue weighted by atomic mass is 9.88. The van der Waals surface area contributed by atoms with E-state index < -0.39 is 0 Å². The van der Waals surface area contributed by atoms with E-state index in [-0.39, 0.29) is 5.41 Å². The van der Waals surface area contributed by atoms with Crippen LogP contribution in [-0.2, 0) is 9.47 Å². The number of nitrogens with two attached hydrogens (primary N) is 1. The number of hydrogen-bond acceptors (Lipinski definition) is 3. The van der Waals surface area contributed by atoms with E-state index in [1.165, 1.54) is 0 Å². The molecule has 3 heteroatoms. The van der Waals surface area contributed by atoms with Crippen LogP contribution in [0.15, 0.2) is 0 Å². The second-order valence-corrected chi connectivity index (χ2v) is 5.00. The van der Waals surface area contributed by atoms with Crippen LogP contribution in [0, 0.1) is 5.41 Å². The van der Waals surface area contributed by atoms with Crippen LogP contribution in [0.3, 0.4) is 0 Å². The molecule has 0 aromatic carbocycles. The molecule has 0 radical (unpaired) electrons. The van der Waals surface area contributed by atoms with Crippen molar-refractivity contribution in [2.24, 2.45) is 11.1 Å². The largest absolute Gasteiger partial charge is 0.379 e. The van der Waals surface area contributed by atoms with Crippen molar-refractivity contribution in [3.8, 4) is 0 Å². The van der Waals surface area contributed by atoms with Crippen LogP contribution in [0.2, 0.25) is 0 Å². The first-order valence-corrected chi connectivity index (χ1v) is 5.87. The first-order chi connectivity index (χ1) is 6.98. The molecule has 2 N–H and O–H groups in total. The summed E-state index contributed by atoms with van der Waals surface area (Å²) in [4.78, 5) is 0. The summed E-state index contributed by atoms with van der Waals surface area (Å²) in [7, 11) is 0. The minimum Gasteiger partial charge on any atom is -0.379 e. The van der Waals surface area contributed by atoms with Gasteiger partial charge in [0.05, 0.1) is 19.3 Å². The molecule has 0 bridgehead atoms. The van der Waals surface area contributed by atoms with Gasteiger partial charge in [0, 0.05) is 6.61 Å². The smallest absolute Gasteiger partial charge is 0.0703 e. The van der Waals surface area contributed by atoms with Crippen LogP contribution in [0.4, 0.5) is 0 Å². The van der Waals surface area contributed by atoms with E-state index >= 15 is 0 Å². The Bertz CT molecular complexity index is 147. The standard InChI is InChI=1S/C12H27NO2/c1-11(2)15-9-8-14-7-5-6-12(3,4)10-13/h11H,5-10,13H2,1-4H3. The Hall–Kier alpha value is -0.120. The molecule has 0 aliphatic carbocycles. The molecule has 0 fully saturated rings. The van der Waals surface area contributed by atoms with E-state index in [1.54, 1.807) is 0 Å². The normalized spacial score (nSPS) is 12.4. The van der Waals surface area contributed by atoms with Gasteiger partial charge in [0.15, 0.2) is 0 Å². The Labute approximate surface area is 94.3 Å². The van der Waals surface area contributed by atoms with Gasteiger partial charge in [-0.1, -0.05) is 13.8 Å². The van der Waals surface area contributed by atoms with E-state index in [0.29, 0.717) is 19.3 Å². The van der Waals surface area contributed by atoms with Crippen LogP contribution in [-0.4, -0.2) is 32.5 Å². The van der Waals surface area contributed by atoms with E-state index in [0.717, 1.165) is 26.0 Å². The minimum absolute atomic E-state index is 0.248. The van der Waals surface area contributed by atoms with E-state index in [1.807, 2.05) is 13.8 Å². The molecule has 15 heavy (non-hydrogen) atoms. The highest BCUT2D eigenvalue weighted by Gasteiger charge is 2.14. The zero-order valence-electron chi connectivity index (χ0n) is 10.7. The fourth-order valence-corrected chi connectivity index (χ4v) is 1.20. The highest BCUT2D eigenvalue weighted by molar-refractivity contribution is 4.68. The Morgan fingerprint density at radius 2 is 1.80 bits per heavy atom. The molecule has 0 aliphatic rings. The molecule has 92 valence electrons. The molecule has 0 rings (SSSR count). The van der Waals surface area contributed by atoms with Gasteiger partial charge in [-0.15, -0.1) is 0 Å². The van der Waals surface area contributed by atoms with Crippen LogP contribution in [0.1, 0.15) is 40.5 Å². The van der Waals surface area contributed by atoms with Gasteiger partial charge in [-0.25, -0.2) is 0 Å². The van der Waals surface area contributed by atoms with Gasteiger partial charge < -0.3 is 15.2 Å². The van der Waals surface area contributed by atoms with Gasteiger partial charge in [0.2, 0.25) is 0 Å². The summed E-state index contributed by atoms with van der Waals surface area (Å²) in [6.07, 6.45) is 2.49. The molecule has 0 aromatic heterocycles. The van der Waals surface area contributed by atoms with Crippen molar-refractivity contribution in [3.63, 3.8) is 0 Å². The molecular formula is C12H27NO2. The summed E-state index contributed by atoms with van der Waals surface area (Å²) in [6.45, 7) is 11.4. The first-order valence-electron chi connectivity index (χ1n) is 5.87. The summed E-state index contributed by atoms with van der Waals surface area (Å²) in [5.74, 6) is 0. The predicted octanol–water partition coefficient (Wildman–Crippen LogP) is 2.19. The lowest BCUT2D eigenvalue weighted by Crippen LogP contribution is -2.23. The Morgan fingerprint density at radius 3 is 2.33 bits per heavy atom. The van der Waals surface area contributed by atoms with E-state index in [4.69, 9.17) is 15.2 Å². The third kappa shape index (κ3) is 10.2. The zero-order chi connectivity index (χ0) is 11.7. The third-order valence-corrected chi connectivity index (χ3v) is 2.37. The van der Waals surface area contributed by atoms with Gasteiger partial charge in [0.1, 0.15) is 0 Å². The maximum atomic E-state index is 5.64. The predicted molar refractivity (Wildman–Crippen MR) is 64.0 cm³/mol. The van der Waals surface area contributed by atoms with Crippen LogP contribution < -0.4 is 5.73 Å². The molecule has 3 nitrogen and oxygen atoms in total. The van der Waals surface area contributed by atoms with Crippen molar-refractivity contribution in [1.29, 1.82) is 0 Å². The molecule has 0 unspecified atom stereocenters. The monoisotopic (exact) mass is 217 g/mol. The highest BCUT2D eigenvalue weighted by atomic mass is 16.5. The van der Waals surface area contributed by atoms with Crippen molar-refractivity contribution in [1.82, 2.24) is 0 Å². The van der Waals surface area contributed by atoms with Crippen molar-refractivity contribution < 1.29 is 9.47 Å². The Kier molecular flexibility index (Phi) is 8.02. The molecule has 0 spiro atoms. The van der Waals surface area contributed by atoms with Crippen molar-refractivity contribution >= 4 is 0 Å². The Morgan fingerprint density at radius 1 is 1.13 bits per heavy atom. The first kappa shape index (κ1) is 14.9. The van der Waals surface area contributed by atoms with Gasteiger partial charge in [-0.3, -0.25) is 0 Å². The second kappa shape index (κ2) is 8.08. The summed E-state index contributed by atoms with van der Waals surface area (Å²) in [6, 6.07) is 0. The lowest BCUT2D eigenvalue weighted by Gasteiger charge is -2.21. The Balaban J connectivity index is 3.18. The molecule has 0 atom stereocenters. The SMILES string of the molecule is CC(C)OCCOCCCC(C)(C)CN. The average Bonchev–Trinajstić information content (AvgIpc) is 2.16. The summed E-state index contributed by atoms with van der Waals surface area (Å²) < 4.78 is 10.8. The van der Waals surface area contributed by atoms with Gasteiger partial charge in [0.25, 0.3) is 0 Å². The van der Waals surface area contributed by atoms with Crippen LogP contribution in [0.25, 0.3) is 0 Å². The van der Waals surface area contributed by atoms with E-state index in [9.17, 15) is 0 Å². The van der Waals surface area contributed by atoms with Crippen molar-refractivity contribution in [3.05, 3.63) is 0 Å². The fraction of sp³-hybridized carbons (Fsp3) is 1.00. The molecule has 0 amide bonds. The van der Waals surface area contributed by atoms with Crippen molar-refractivity contribution in [2.45, 2.75) is 46.6 Å². The third-order valence-electron chi connectivity index (χ3n) is 2.37. The number of ether oxygens (including phenoxy) is 2. The zero-order valence-corrected chi connectivity index (χ0v) is 10.7. The van der Waals surface area contributed by atoms with Crippen molar-refractivity contribution in [2.75, 3.05) is 26.4 Å². The molecule has 0 aliphatic heterocycles. The summed E-state index contributed by atoms with van der Waals surface area (Å²) in [5, 5.41) is 0. The molecule has 0 aromatic rings. The molecular weight excluding hydrogens is 190 g/mol. The number of rotatable bonds is 9. The topological polar surface area (TPSA) is 44.5 Å². The molecule has 0 saturated heterocycles. The summed E-state index contributed by atoms with van der Waals surface area (Å²) in [5.41, 5.74) is 5.89. The maximum absolute atomic E-state index is 5.64. The van der Waals surface area contributed by atoms with Gasteiger partial charge >= 0.3 is 0 Å². The van der Waals surface area contributed by atoms with Gasteiger partial charge in [-0.2, -0.15) is 0 Å². The fourth-order valence-electron chi connectivity index (χ4n) is 1.20. The minimum atomic E-state index is 0.248. The van der Waals surface area contributed by atoms with Crippen LogP contribution >= 0.6 is 0 Å². The van der Waals surface area contributed by atoms with Crippen LogP contribution in [0.5, 0.6) is 0 Å². The molecule has 0 saturated carbocycles. The molecule has 0 heterocycles. The number of hydrogen-bond donors (Lipinski definition) is 1. The maximum Gasteiger partial charge on any atom is 0.0703 e. The quantitative estimate of drug-likeness (QED) is 0.602. The average molecular weight is 217 g/mol. The lowest BCUT2D eigenvalue weighted by molar-refractivity contribution is 0.0173. The summed E-state index contributed by atoms with van der Waals surface area (Å²) >= 11 is 0.